The molecule has 4 rings (SSSR count). The number of benzene rings is 2. The molecule has 152 valence electrons. The normalized spacial score (nSPS) is 17.9. The van der Waals surface area contributed by atoms with Gasteiger partial charge in [-0.15, -0.1) is 0 Å². The van der Waals surface area contributed by atoms with E-state index in [4.69, 9.17) is 9.26 Å². The van der Waals surface area contributed by atoms with Crippen molar-refractivity contribution >= 4 is 10.0 Å². The lowest BCUT2D eigenvalue weighted by Gasteiger charge is -2.30. The number of aryl methyl sites for hydroxylation is 1. The molecule has 1 aliphatic rings. The van der Waals surface area contributed by atoms with Gasteiger partial charge in [0.15, 0.2) is 0 Å². The molecule has 0 aliphatic carbocycles. The Labute approximate surface area is 170 Å². The van der Waals surface area contributed by atoms with Crippen LogP contribution in [0.4, 0.5) is 0 Å². The van der Waals surface area contributed by atoms with Crippen molar-refractivity contribution in [3.63, 3.8) is 0 Å². The molecule has 7 nitrogen and oxygen atoms in total. The maximum absolute atomic E-state index is 13.0. The molecule has 1 saturated heterocycles. The van der Waals surface area contributed by atoms with Crippen LogP contribution in [0.3, 0.4) is 0 Å². The molecule has 0 N–H and O–H groups in total. The summed E-state index contributed by atoms with van der Waals surface area (Å²) < 4.78 is 38.2. The van der Waals surface area contributed by atoms with E-state index in [2.05, 4.69) is 10.1 Å². The molecule has 1 aromatic heterocycles. The zero-order valence-corrected chi connectivity index (χ0v) is 17.2. The first-order chi connectivity index (χ1) is 14.0. The van der Waals surface area contributed by atoms with E-state index in [0.717, 1.165) is 29.7 Å². The largest absolute Gasteiger partial charge is 0.497 e. The van der Waals surface area contributed by atoms with Gasteiger partial charge in [0.2, 0.25) is 21.7 Å². The summed E-state index contributed by atoms with van der Waals surface area (Å²) in [6.45, 7) is 2.76. The highest BCUT2D eigenvalue weighted by Gasteiger charge is 2.33. The van der Waals surface area contributed by atoms with E-state index in [1.807, 2.05) is 43.3 Å². The van der Waals surface area contributed by atoms with Gasteiger partial charge in [0.1, 0.15) is 5.75 Å². The Hall–Kier alpha value is -2.71. The predicted octanol–water partition coefficient (Wildman–Crippen LogP) is 3.62. The fourth-order valence-corrected chi connectivity index (χ4v) is 5.00. The van der Waals surface area contributed by atoms with Crippen LogP contribution in [0.15, 0.2) is 57.9 Å². The summed E-state index contributed by atoms with van der Waals surface area (Å²) in [6, 6.07) is 14.3. The van der Waals surface area contributed by atoms with Crippen LogP contribution in [-0.2, 0) is 10.0 Å². The molecule has 8 heteroatoms. The molecule has 2 heterocycles. The second-order valence-electron chi connectivity index (χ2n) is 7.20. The molecule has 0 amide bonds. The monoisotopic (exact) mass is 413 g/mol. The molecule has 1 aliphatic heterocycles. The molecule has 1 atom stereocenters. The number of hydrogen-bond acceptors (Lipinski definition) is 6. The fourth-order valence-electron chi connectivity index (χ4n) is 3.48. The highest BCUT2D eigenvalue weighted by atomic mass is 32.2. The first-order valence-corrected chi connectivity index (χ1v) is 11.0. The van der Waals surface area contributed by atoms with E-state index < -0.39 is 10.0 Å². The third-order valence-corrected chi connectivity index (χ3v) is 7.06. The van der Waals surface area contributed by atoms with Crippen molar-refractivity contribution in [3.05, 3.63) is 60.0 Å². The average Bonchev–Trinajstić information content (AvgIpc) is 3.24. The van der Waals surface area contributed by atoms with E-state index in [0.29, 0.717) is 29.7 Å². The van der Waals surface area contributed by atoms with Gasteiger partial charge < -0.3 is 9.26 Å². The highest BCUT2D eigenvalue weighted by molar-refractivity contribution is 7.89. The second-order valence-corrected chi connectivity index (χ2v) is 9.14. The van der Waals surface area contributed by atoms with Gasteiger partial charge in [0.25, 0.3) is 0 Å². The van der Waals surface area contributed by atoms with Crippen LogP contribution in [0.25, 0.3) is 11.4 Å². The summed E-state index contributed by atoms with van der Waals surface area (Å²) in [5.74, 6) is 1.59. The lowest BCUT2D eigenvalue weighted by Crippen LogP contribution is -2.39. The Morgan fingerprint density at radius 2 is 1.83 bits per heavy atom. The molecule has 1 unspecified atom stereocenters. The quantitative estimate of drug-likeness (QED) is 0.635. The minimum atomic E-state index is -3.54. The standard InChI is InChI=1S/C21H23N3O4S/c1-15-5-11-19(12-6-15)29(25,26)24-13-3-4-17(14-24)21-22-20(23-28-21)16-7-9-18(27-2)10-8-16/h5-12,17H,3-4,13-14H2,1-2H3. The van der Waals surface area contributed by atoms with Crippen LogP contribution >= 0.6 is 0 Å². The maximum Gasteiger partial charge on any atom is 0.243 e. The van der Waals surface area contributed by atoms with Gasteiger partial charge in [-0.3, -0.25) is 0 Å². The van der Waals surface area contributed by atoms with Gasteiger partial charge in [-0.05, 0) is 56.2 Å². The summed E-state index contributed by atoms with van der Waals surface area (Å²) in [7, 11) is -1.93. The van der Waals surface area contributed by atoms with E-state index in [9.17, 15) is 8.42 Å². The highest BCUT2D eigenvalue weighted by Crippen LogP contribution is 2.31. The SMILES string of the molecule is COc1ccc(-c2noc(C3CCCN(S(=O)(=O)c4ccc(C)cc4)C3)n2)cc1. The van der Waals surface area contributed by atoms with Gasteiger partial charge in [0, 0.05) is 18.7 Å². The van der Waals surface area contributed by atoms with E-state index in [1.165, 1.54) is 4.31 Å². The van der Waals surface area contributed by atoms with Crippen molar-refractivity contribution in [2.24, 2.45) is 0 Å². The van der Waals surface area contributed by atoms with Gasteiger partial charge in [-0.2, -0.15) is 9.29 Å². The molecule has 1 fully saturated rings. The fraction of sp³-hybridized carbons (Fsp3) is 0.333. The first kappa shape index (κ1) is 19.6. The Bertz CT molecular complexity index is 1080. The summed E-state index contributed by atoms with van der Waals surface area (Å²) in [6.07, 6.45) is 1.56. The van der Waals surface area contributed by atoms with Crippen molar-refractivity contribution < 1.29 is 17.7 Å². The molecule has 0 bridgehead atoms. The lowest BCUT2D eigenvalue weighted by atomic mass is 10.00. The number of rotatable bonds is 5. The lowest BCUT2D eigenvalue weighted by molar-refractivity contribution is 0.265. The summed E-state index contributed by atoms with van der Waals surface area (Å²) in [4.78, 5) is 4.83. The molecule has 2 aromatic carbocycles. The van der Waals surface area contributed by atoms with Crippen molar-refractivity contribution in [3.8, 4) is 17.1 Å². The number of ether oxygens (including phenoxy) is 1. The minimum absolute atomic E-state index is 0.122. The first-order valence-electron chi connectivity index (χ1n) is 9.52. The molecule has 3 aromatic rings. The summed E-state index contributed by atoms with van der Waals surface area (Å²) in [5, 5.41) is 4.08. The number of piperidine rings is 1. The molecular weight excluding hydrogens is 390 g/mol. The Balaban J connectivity index is 1.52. The minimum Gasteiger partial charge on any atom is -0.497 e. The number of aromatic nitrogens is 2. The molecular formula is C21H23N3O4S. The number of methoxy groups -OCH3 is 1. The van der Waals surface area contributed by atoms with Crippen molar-refractivity contribution in [2.75, 3.05) is 20.2 Å². The zero-order chi connectivity index (χ0) is 20.4. The third kappa shape index (κ3) is 4.04. The van der Waals surface area contributed by atoms with Crippen LogP contribution in [0.1, 0.15) is 30.2 Å². The zero-order valence-electron chi connectivity index (χ0n) is 16.4. The number of sulfonamides is 1. The van der Waals surface area contributed by atoms with E-state index in [-0.39, 0.29) is 5.92 Å². The average molecular weight is 413 g/mol. The third-order valence-electron chi connectivity index (χ3n) is 5.18. The predicted molar refractivity (Wildman–Crippen MR) is 108 cm³/mol. The van der Waals surface area contributed by atoms with Gasteiger partial charge in [-0.25, -0.2) is 8.42 Å². The van der Waals surface area contributed by atoms with Crippen molar-refractivity contribution in [1.29, 1.82) is 0 Å². The Kier molecular flexibility index (Phi) is 5.38. The van der Waals surface area contributed by atoms with Gasteiger partial charge in [0.05, 0.1) is 17.9 Å². The number of nitrogens with zero attached hydrogens (tertiary/aromatic N) is 3. The Morgan fingerprint density at radius 1 is 1.10 bits per heavy atom. The molecule has 0 radical (unpaired) electrons. The van der Waals surface area contributed by atoms with Crippen LogP contribution < -0.4 is 4.74 Å². The topological polar surface area (TPSA) is 85.5 Å². The van der Waals surface area contributed by atoms with E-state index in [1.54, 1.807) is 19.2 Å². The van der Waals surface area contributed by atoms with Crippen LogP contribution in [0, 0.1) is 6.92 Å². The molecule has 0 saturated carbocycles. The summed E-state index contributed by atoms with van der Waals surface area (Å²) >= 11 is 0. The van der Waals surface area contributed by atoms with Crippen molar-refractivity contribution in [1.82, 2.24) is 14.4 Å². The van der Waals surface area contributed by atoms with Crippen LogP contribution in [0.2, 0.25) is 0 Å². The van der Waals surface area contributed by atoms with Crippen LogP contribution in [-0.4, -0.2) is 43.1 Å². The van der Waals surface area contributed by atoms with Crippen molar-refractivity contribution in [2.45, 2.75) is 30.6 Å². The second kappa shape index (κ2) is 7.96. The number of hydrogen-bond donors (Lipinski definition) is 0. The van der Waals surface area contributed by atoms with Gasteiger partial charge in [-0.1, -0.05) is 22.9 Å². The Morgan fingerprint density at radius 3 is 2.52 bits per heavy atom. The van der Waals surface area contributed by atoms with Gasteiger partial charge >= 0.3 is 0 Å². The maximum atomic E-state index is 13.0. The molecule has 29 heavy (non-hydrogen) atoms. The van der Waals surface area contributed by atoms with E-state index >= 15 is 0 Å². The van der Waals surface area contributed by atoms with Crippen LogP contribution in [0.5, 0.6) is 5.75 Å². The summed E-state index contributed by atoms with van der Waals surface area (Å²) in [5.41, 5.74) is 1.85. The smallest absolute Gasteiger partial charge is 0.243 e. The molecule has 0 spiro atoms.